The molecule has 0 aliphatic carbocycles. The Hall–Kier alpha value is -3.59. The van der Waals surface area contributed by atoms with Gasteiger partial charge in [0.2, 0.25) is 5.91 Å². The summed E-state index contributed by atoms with van der Waals surface area (Å²) in [6.07, 6.45) is 94.6. The Morgan fingerprint density at radius 1 is 0.404 bits per heavy atom. The van der Waals surface area contributed by atoms with E-state index in [1.165, 1.54) is 148 Å². The van der Waals surface area contributed by atoms with Crippen molar-refractivity contribution in [3.05, 3.63) is 122 Å². The van der Waals surface area contributed by atoms with E-state index in [9.17, 15) is 19.0 Å². The maximum atomic E-state index is 13.6. The van der Waals surface area contributed by atoms with Gasteiger partial charge in [0.25, 0.3) is 7.82 Å². The van der Waals surface area contributed by atoms with Gasteiger partial charge in [-0.15, -0.1) is 0 Å². The van der Waals surface area contributed by atoms with Crippen LogP contribution < -0.4 is 10.2 Å². The number of amides is 1. The van der Waals surface area contributed by atoms with Crippen molar-refractivity contribution in [2.45, 2.75) is 328 Å². The zero-order valence-electron chi connectivity index (χ0n) is 58.6. The Bertz CT molecular complexity index is 1940. The highest BCUT2D eigenvalue weighted by atomic mass is 31.2. The number of hydrogen-bond donors (Lipinski definition) is 1. The number of phosphoric acid groups is 1. The van der Waals surface area contributed by atoms with E-state index in [0.29, 0.717) is 17.4 Å². The normalized spacial score (nSPS) is 14.2. The molecule has 0 aromatic rings. The van der Waals surface area contributed by atoms with Crippen LogP contribution in [0.4, 0.5) is 0 Å². The summed E-state index contributed by atoms with van der Waals surface area (Å²) in [6.45, 7) is 6.71. The van der Waals surface area contributed by atoms with Crippen LogP contribution in [0.25, 0.3) is 0 Å². The molecule has 0 bridgehead atoms. The maximum absolute atomic E-state index is 13.6. The molecule has 0 saturated heterocycles. The van der Waals surface area contributed by atoms with Gasteiger partial charge in [-0.25, -0.2) is 0 Å². The van der Waals surface area contributed by atoms with Crippen LogP contribution >= 0.6 is 7.82 Å². The molecule has 1 amide bonds. The molecule has 0 radical (unpaired) electrons. The van der Waals surface area contributed by atoms with Gasteiger partial charge in [-0.05, 0) is 122 Å². The molecule has 9 nitrogen and oxygen atoms in total. The summed E-state index contributed by atoms with van der Waals surface area (Å²) in [4.78, 5) is 40.3. The van der Waals surface area contributed by atoms with Crippen molar-refractivity contribution in [3.63, 3.8) is 0 Å². The van der Waals surface area contributed by atoms with Gasteiger partial charge < -0.3 is 28.5 Å². The van der Waals surface area contributed by atoms with E-state index >= 15 is 0 Å². The monoisotopic (exact) mass is 1260 g/mol. The van der Waals surface area contributed by atoms with Crippen molar-refractivity contribution < 1.29 is 37.3 Å². The molecule has 0 heterocycles. The van der Waals surface area contributed by atoms with Gasteiger partial charge in [-0.3, -0.25) is 14.2 Å². The molecule has 1 N–H and O–H groups in total. The number of ether oxygens (including phenoxy) is 1. The van der Waals surface area contributed by atoms with E-state index in [0.717, 1.165) is 135 Å². The molecule has 0 aliphatic rings. The molecule has 512 valence electrons. The third kappa shape index (κ3) is 68.6. The quantitative estimate of drug-likeness (QED) is 0.0212. The molecule has 0 spiro atoms. The number of carbonyl (C=O) groups excluding carboxylic acids is 2. The molecular formula is C79H139N2O7P. The molecule has 3 atom stereocenters. The van der Waals surface area contributed by atoms with Crippen LogP contribution in [0.3, 0.4) is 0 Å². The largest absolute Gasteiger partial charge is 0.756 e. The average molecular weight is 1260 g/mol. The lowest BCUT2D eigenvalue weighted by molar-refractivity contribution is -0.870. The molecule has 0 rings (SSSR count). The van der Waals surface area contributed by atoms with Crippen molar-refractivity contribution in [2.24, 2.45) is 0 Å². The fourth-order valence-corrected chi connectivity index (χ4v) is 11.0. The van der Waals surface area contributed by atoms with E-state index in [2.05, 4.69) is 135 Å². The second kappa shape index (κ2) is 67.3. The summed E-state index contributed by atoms with van der Waals surface area (Å²) in [6, 6.07) is -0.904. The van der Waals surface area contributed by atoms with Crippen LogP contribution in [0, 0.1) is 0 Å². The summed E-state index contributed by atoms with van der Waals surface area (Å²) in [5.74, 6) is -0.554. The average Bonchev–Trinajstić information content (AvgIpc) is 3.65. The van der Waals surface area contributed by atoms with Crippen molar-refractivity contribution >= 4 is 19.7 Å². The summed E-state index contributed by atoms with van der Waals surface area (Å²) in [5.41, 5.74) is 0. The predicted octanol–water partition coefficient (Wildman–Crippen LogP) is 23.2. The third-order valence-corrected chi connectivity index (χ3v) is 16.8. The summed E-state index contributed by atoms with van der Waals surface area (Å²) in [5, 5.41) is 3.04. The first kappa shape index (κ1) is 85.4. The van der Waals surface area contributed by atoms with E-state index in [1.54, 1.807) is 0 Å². The number of nitrogens with zero attached hydrogens (tertiary/aromatic N) is 1. The SMILES string of the molecule is CC/C=C\C/C=C\C/C=C\C/C=C\C/C=C\C/C=C\CCCCCCCCCCC(=O)NC(COP(=O)([O-])OCC[N+](C)(C)C)C(/C=C\CCCCCCCCCCCCC)OC(=O)CCCCCCCCCCCC/C=C\C/C=C\C/C=C\CCCCC. The van der Waals surface area contributed by atoms with Crippen LogP contribution in [0.2, 0.25) is 0 Å². The van der Waals surface area contributed by atoms with Gasteiger partial charge in [0.15, 0.2) is 0 Å². The Kier molecular flexibility index (Phi) is 64.6. The van der Waals surface area contributed by atoms with Crippen molar-refractivity contribution in [2.75, 3.05) is 40.9 Å². The smallest absolute Gasteiger partial charge is 0.306 e. The number of nitrogens with one attached hydrogen (secondary N) is 1. The molecule has 0 saturated carbocycles. The van der Waals surface area contributed by atoms with Crippen LogP contribution in [-0.4, -0.2) is 69.4 Å². The second-order valence-electron chi connectivity index (χ2n) is 25.7. The van der Waals surface area contributed by atoms with Crippen LogP contribution in [0.5, 0.6) is 0 Å². The number of carbonyl (C=O) groups is 2. The highest BCUT2D eigenvalue weighted by Crippen LogP contribution is 2.38. The second-order valence-corrected chi connectivity index (χ2v) is 27.1. The summed E-state index contributed by atoms with van der Waals surface area (Å²) < 4.78 is 30.5. The number of allylic oxidation sites excluding steroid dienone is 19. The van der Waals surface area contributed by atoms with Crippen molar-refractivity contribution in [1.82, 2.24) is 5.32 Å². The minimum Gasteiger partial charge on any atom is -0.756 e. The number of likely N-dealkylation sites (N-methyl/N-ethyl adjacent to an activating group) is 1. The Labute approximate surface area is 550 Å². The van der Waals surface area contributed by atoms with Gasteiger partial charge in [-0.1, -0.05) is 303 Å². The maximum Gasteiger partial charge on any atom is 0.306 e. The van der Waals surface area contributed by atoms with Crippen LogP contribution in [0.15, 0.2) is 122 Å². The van der Waals surface area contributed by atoms with Gasteiger partial charge in [0.05, 0.1) is 33.8 Å². The number of hydrogen-bond acceptors (Lipinski definition) is 7. The number of unbranched alkanes of at least 4 members (excludes halogenated alkanes) is 32. The summed E-state index contributed by atoms with van der Waals surface area (Å²) >= 11 is 0. The Morgan fingerprint density at radius 2 is 0.719 bits per heavy atom. The van der Waals surface area contributed by atoms with E-state index < -0.39 is 26.6 Å². The van der Waals surface area contributed by atoms with Crippen molar-refractivity contribution in [1.29, 1.82) is 0 Å². The molecule has 0 aromatic heterocycles. The summed E-state index contributed by atoms with van der Waals surface area (Å²) in [7, 11) is 1.17. The van der Waals surface area contributed by atoms with E-state index in [-0.39, 0.29) is 24.9 Å². The molecule has 0 fully saturated rings. The van der Waals surface area contributed by atoms with E-state index in [4.69, 9.17) is 13.8 Å². The fraction of sp³-hybridized carbons (Fsp3) is 0.722. The highest BCUT2D eigenvalue weighted by molar-refractivity contribution is 7.45. The molecule has 89 heavy (non-hydrogen) atoms. The van der Waals surface area contributed by atoms with Crippen molar-refractivity contribution in [3.8, 4) is 0 Å². The number of esters is 1. The molecule has 3 unspecified atom stereocenters. The van der Waals surface area contributed by atoms with Gasteiger partial charge in [0.1, 0.15) is 19.3 Å². The number of rotatable bonds is 66. The third-order valence-electron chi connectivity index (χ3n) is 15.9. The predicted molar refractivity (Wildman–Crippen MR) is 385 cm³/mol. The zero-order chi connectivity index (χ0) is 64.9. The lowest BCUT2D eigenvalue weighted by Crippen LogP contribution is -2.47. The molecule has 0 aliphatic heterocycles. The Morgan fingerprint density at radius 3 is 1.10 bits per heavy atom. The van der Waals surface area contributed by atoms with Crippen LogP contribution in [-0.2, 0) is 27.9 Å². The first-order valence-corrected chi connectivity index (χ1v) is 38.3. The minimum atomic E-state index is -4.72. The highest BCUT2D eigenvalue weighted by Gasteiger charge is 2.27. The minimum absolute atomic E-state index is 0.0301. The Balaban J connectivity index is 5.11. The number of phosphoric ester groups is 1. The topological polar surface area (TPSA) is 114 Å². The standard InChI is InChI=1S/C79H139N2O7P/c1-7-10-13-16-19-22-25-28-30-32-34-36-38-39-40-41-43-44-46-48-50-53-56-59-62-65-68-71-78(82)80-76(75-87-89(84,85)86-74-73-81(4,5)6)77(70-67-64-61-58-55-52-27-24-21-18-15-12-9-3)88-79(83)72-69-66-63-60-57-54-51-49-47-45-42-37-35-33-31-29-26-23-20-17-14-11-8-2/h10,13,19-20,22-23,28-31,34-37,39-40,43-44,67,70,76-77H,7-9,11-12,14-18,21,24-27,32-33,38,41-42,45-66,68-69,71-75H2,1-6H3,(H-,80,82,84,85)/b13-10-,22-19-,23-20-,30-28-,31-29-,36-34-,37-35-,40-39-,44-43-,70-67-. The fourth-order valence-electron chi connectivity index (χ4n) is 10.2. The zero-order valence-corrected chi connectivity index (χ0v) is 59.5. The van der Waals surface area contributed by atoms with Crippen LogP contribution in [0.1, 0.15) is 316 Å². The first-order valence-electron chi connectivity index (χ1n) is 36.8. The van der Waals surface area contributed by atoms with Gasteiger partial charge in [0, 0.05) is 12.8 Å². The van der Waals surface area contributed by atoms with Gasteiger partial charge in [-0.2, -0.15) is 0 Å². The molecule has 0 aromatic carbocycles. The molecule has 10 heteroatoms. The number of quaternary nitrogens is 1. The first-order chi connectivity index (χ1) is 43.4. The lowest BCUT2D eigenvalue weighted by atomic mass is 10.0. The molecular weight excluding hydrogens is 1120 g/mol. The van der Waals surface area contributed by atoms with E-state index in [1.807, 2.05) is 33.3 Å². The lowest BCUT2D eigenvalue weighted by Gasteiger charge is -2.30. The van der Waals surface area contributed by atoms with Gasteiger partial charge >= 0.3 is 5.97 Å².